The molecule has 0 saturated carbocycles. The number of anilines is 1. The Morgan fingerprint density at radius 3 is 2.45 bits per heavy atom. The molecule has 0 radical (unpaired) electrons. The van der Waals surface area contributed by atoms with Crippen molar-refractivity contribution in [3.63, 3.8) is 0 Å². The minimum Gasteiger partial charge on any atom is -0.382 e. The van der Waals surface area contributed by atoms with Crippen LogP contribution in [0.5, 0.6) is 0 Å². The van der Waals surface area contributed by atoms with E-state index in [1.807, 2.05) is 0 Å². The number of carbonyl (C=O) groups is 1. The molecule has 0 aliphatic heterocycles. The van der Waals surface area contributed by atoms with Gasteiger partial charge >= 0.3 is 0 Å². The van der Waals surface area contributed by atoms with Crippen molar-refractivity contribution in [3.05, 3.63) is 29.8 Å². The third kappa shape index (κ3) is 7.63. The molecule has 0 bridgehead atoms. The standard InChI is InChI=1S/C20H33NO/c1-4-12-19(15-9-7-6-8-13-17(3)22)21-20-16-11-10-14-18(20)5-2/h10-11,14,16,19,21H,4-9,12-13,15H2,1-3H3. The normalized spacial score (nSPS) is 12.1. The highest BCUT2D eigenvalue weighted by molar-refractivity contribution is 5.75. The molecule has 0 fully saturated rings. The van der Waals surface area contributed by atoms with Gasteiger partial charge in [-0.15, -0.1) is 0 Å². The maximum atomic E-state index is 10.9. The zero-order valence-electron chi connectivity index (χ0n) is 14.7. The molecule has 2 nitrogen and oxygen atoms in total. The molecule has 1 aromatic carbocycles. The Morgan fingerprint density at radius 1 is 1.05 bits per heavy atom. The molecular formula is C20H33NO. The highest BCUT2D eigenvalue weighted by Crippen LogP contribution is 2.20. The van der Waals surface area contributed by atoms with Crippen molar-refractivity contribution in [1.82, 2.24) is 0 Å². The second-order valence-corrected chi connectivity index (χ2v) is 6.30. The minimum absolute atomic E-state index is 0.321. The van der Waals surface area contributed by atoms with Crippen LogP contribution in [-0.2, 0) is 11.2 Å². The number of hydrogen-bond donors (Lipinski definition) is 1. The van der Waals surface area contributed by atoms with Crippen LogP contribution in [0.25, 0.3) is 0 Å². The molecule has 0 spiro atoms. The Labute approximate surface area is 136 Å². The lowest BCUT2D eigenvalue weighted by Gasteiger charge is -2.21. The van der Waals surface area contributed by atoms with Crippen LogP contribution in [-0.4, -0.2) is 11.8 Å². The second kappa shape index (κ2) is 11.3. The fourth-order valence-electron chi connectivity index (χ4n) is 2.94. The van der Waals surface area contributed by atoms with Crippen LogP contribution in [0.3, 0.4) is 0 Å². The number of rotatable bonds is 12. The highest BCUT2D eigenvalue weighted by Gasteiger charge is 2.09. The number of aryl methyl sites for hydroxylation is 1. The number of carbonyl (C=O) groups excluding carboxylic acids is 1. The third-order valence-corrected chi connectivity index (χ3v) is 4.23. The maximum absolute atomic E-state index is 10.9. The summed E-state index contributed by atoms with van der Waals surface area (Å²) in [4.78, 5) is 10.9. The quantitative estimate of drug-likeness (QED) is 0.497. The van der Waals surface area contributed by atoms with Crippen LogP contribution in [0.15, 0.2) is 24.3 Å². The van der Waals surface area contributed by atoms with E-state index in [-0.39, 0.29) is 0 Å². The summed E-state index contributed by atoms with van der Waals surface area (Å²) in [6, 6.07) is 9.23. The average molecular weight is 303 g/mol. The SMILES string of the molecule is CCCC(CCCCCCC(C)=O)Nc1ccccc1CC. The number of hydrogen-bond acceptors (Lipinski definition) is 2. The predicted octanol–water partition coefficient (Wildman–Crippen LogP) is 5.76. The van der Waals surface area contributed by atoms with Gasteiger partial charge in [0, 0.05) is 18.2 Å². The van der Waals surface area contributed by atoms with Gasteiger partial charge in [-0.25, -0.2) is 0 Å². The lowest BCUT2D eigenvalue weighted by atomic mass is 10.0. The van der Waals surface area contributed by atoms with Gasteiger partial charge in [0.2, 0.25) is 0 Å². The lowest BCUT2D eigenvalue weighted by molar-refractivity contribution is -0.117. The Morgan fingerprint density at radius 2 is 1.77 bits per heavy atom. The summed E-state index contributed by atoms with van der Waals surface area (Å²) in [5.74, 6) is 0.321. The van der Waals surface area contributed by atoms with E-state index in [2.05, 4.69) is 43.4 Å². The molecule has 1 N–H and O–H groups in total. The van der Waals surface area contributed by atoms with Gasteiger partial charge in [-0.05, 0) is 44.2 Å². The topological polar surface area (TPSA) is 29.1 Å². The Bertz CT molecular complexity index is 427. The summed E-state index contributed by atoms with van der Waals surface area (Å²) in [7, 11) is 0. The Kier molecular flexibility index (Phi) is 9.61. The van der Waals surface area contributed by atoms with Crippen molar-refractivity contribution in [3.8, 4) is 0 Å². The number of Topliss-reactive ketones (excluding diaryl/α,β-unsaturated/α-hetero) is 1. The van der Waals surface area contributed by atoms with Gasteiger partial charge in [-0.3, -0.25) is 0 Å². The number of unbranched alkanes of at least 4 members (excludes halogenated alkanes) is 3. The smallest absolute Gasteiger partial charge is 0.129 e. The van der Waals surface area contributed by atoms with E-state index in [9.17, 15) is 4.79 Å². The summed E-state index contributed by atoms with van der Waals surface area (Å²) < 4.78 is 0. The number of nitrogens with one attached hydrogen (secondary N) is 1. The fourth-order valence-corrected chi connectivity index (χ4v) is 2.94. The van der Waals surface area contributed by atoms with E-state index < -0.39 is 0 Å². The van der Waals surface area contributed by atoms with Crippen LogP contribution in [0.1, 0.15) is 77.7 Å². The van der Waals surface area contributed by atoms with Crippen molar-refractivity contribution in [2.45, 2.75) is 84.6 Å². The van der Waals surface area contributed by atoms with E-state index in [4.69, 9.17) is 0 Å². The van der Waals surface area contributed by atoms with Gasteiger partial charge in [0.15, 0.2) is 0 Å². The van der Waals surface area contributed by atoms with Crippen LogP contribution < -0.4 is 5.32 Å². The predicted molar refractivity (Wildman–Crippen MR) is 96.5 cm³/mol. The average Bonchev–Trinajstić information content (AvgIpc) is 2.51. The maximum Gasteiger partial charge on any atom is 0.129 e. The van der Waals surface area contributed by atoms with E-state index in [1.165, 1.54) is 49.8 Å². The van der Waals surface area contributed by atoms with Crippen molar-refractivity contribution in [1.29, 1.82) is 0 Å². The number of ketones is 1. The molecule has 0 heterocycles. The monoisotopic (exact) mass is 303 g/mol. The molecular weight excluding hydrogens is 270 g/mol. The van der Waals surface area contributed by atoms with Gasteiger partial charge in [-0.1, -0.05) is 57.7 Å². The van der Waals surface area contributed by atoms with Gasteiger partial charge < -0.3 is 10.1 Å². The molecule has 0 aromatic heterocycles. The number of benzene rings is 1. The summed E-state index contributed by atoms with van der Waals surface area (Å²) >= 11 is 0. The summed E-state index contributed by atoms with van der Waals surface area (Å²) in [5.41, 5.74) is 2.71. The molecule has 1 rings (SSSR count). The molecule has 22 heavy (non-hydrogen) atoms. The first-order valence-corrected chi connectivity index (χ1v) is 9.01. The van der Waals surface area contributed by atoms with E-state index >= 15 is 0 Å². The van der Waals surface area contributed by atoms with Crippen LogP contribution in [0.2, 0.25) is 0 Å². The molecule has 1 atom stereocenters. The van der Waals surface area contributed by atoms with Crippen molar-refractivity contribution >= 4 is 11.5 Å². The zero-order chi connectivity index (χ0) is 16.2. The van der Waals surface area contributed by atoms with Crippen LogP contribution in [0, 0.1) is 0 Å². The van der Waals surface area contributed by atoms with Crippen LogP contribution >= 0.6 is 0 Å². The molecule has 0 aliphatic rings. The van der Waals surface area contributed by atoms with Gasteiger partial charge in [-0.2, -0.15) is 0 Å². The zero-order valence-corrected chi connectivity index (χ0v) is 14.7. The fraction of sp³-hybridized carbons (Fsp3) is 0.650. The lowest BCUT2D eigenvalue weighted by Crippen LogP contribution is -2.20. The second-order valence-electron chi connectivity index (χ2n) is 6.30. The third-order valence-electron chi connectivity index (χ3n) is 4.23. The molecule has 1 aromatic rings. The van der Waals surface area contributed by atoms with E-state index in [0.29, 0.717) is 11.8 Å². The first kappa shape index (κ1) is 18.7. The van der Waals surface area contributed by atoms with Gasteiger partial charge in [0.25, 0.3) is 0 Å². The number of para-hydroxylation sites is 1. The first-order chi connectivity index (χ1) is 10.7. The van der Waals surface area contributed by atoms with E-state index in [1.54, 1.807) is 6.92 Å². The summed E-state index contributed by atoms with van der Waals surface area (Å²) in [5, 5.41) is 3.75. The highest BCUT2D eigenvalue weighted by atomic mass is 16.1. The summed E-state index contributed by atoms with van der Waals surface area (Å²) in [6.07, 6.45) is 10.2. The summed E-state index contributed by atoms with van der Waals surface area (Å²) in [6.45, 7) is 6.16. The molecule has 0 amide bonds. The van der Waals surface area contributed by atoms with Crippen molar-refractivity contribution in [2.24, 2.45) is 0 Å². The van der Waals surface area contributed by atoms with Crippen molar-refractivity contribution < 1.29 is 4.79 Å². The molecule has 124 valence electrons. The van der Waals surface area contributed by atoms with E-state index in [0.717, 1.165) is 19.3 Å². The Hall–Kier alpha value is -1.31. The molecule has 2 heteroatoms. The first-order valence-electron chi connectivity index (χ1n) is 9.01. The molecule has 0 saturated heterocycles. The van der Waals surface area contributed by atoms with Gasteiger partial charge in [0.05, 0.1) is 0 Å². The Balaban J connectivity index is 2.37. The van der Waals surface area contributed by atoms with Crippen molar-refractivity contribution in [2.75, 3.05) is 5.32 Å². The largest absolute Gasteiger partial charge is 0.382 e. The molecule has 1 unspecified atom stereocenters. The van der Waals surface area contributed by atoms with Gasteiger partial charge in [0.1, 0.15) is 5.78 Å². The van der Waals surface area contributed by atoms with Crippen LogP contribution in [0.4, 0.5) is 5.69 Å². The molecule has 0 aliphatic carbocycles. The minimum atomic E-state index is 0.321.